The van der Waals surface area contributed by atoms with E-state index >= 15 is 0 Å². The van der Waals surface area contributed by atoms with Crippen molar-refractivity contribution in [2.24, 2.45) is 0 Å². The molecule has 114 valence electrons. The second kappa shape index (κ2) is 5.94. The maximum absolute atomic E-state index is 12.3. The molecule has 1 atom stereocenters. The van der Waals surface area contributed by atoms with Gasteiger partial charge in [-0.3, -0.25) is 9.59 Å². The number of allylic oxidation sites excluding steroid dienone is 1. The van der Waals surface area contributed by atoms with Crippen molar-refractivity contribution in [1.82, 2.24) is 20.1 Å². The number of anilines is 1. The van der Waals surface area contributed by atoms with Crippen molar-refractivity contribution >= 4 is 17.8 Å². The molecule has 2 N–H and O–H groups in total. The maximum atomic E-state index is 12.3. The van der Waals surface area contributed by atoms with E-state index < -0.39 is 5.97 Å². The second-order valence-electron chi connectivity index (χ2n) is 4.99. The monoisotopic (exact) mass is 293 g/mol. The molecule has 1 aliphatic rings. The molecule has 1 amide bonds. The number of hydrogen-bond donors (Lipinski definition) is 2. The zero-order chi connectivity index (χ0) is 15.6. The Hall–Kier alpha value is -2.38. The average molecular weight is 293 g/mol. The van der Waals surface area contributed by atoms with Crippen LogP contribution in [0.5, 0.6) is 0 Å². The van der Waals surface area contributed by atoms with E-state index in [9.17, 15) is 9.59 Å². The first-order valence-corrected chi connectivity index (χ1v) is 6.77. The summed E-state index contributed by atoms with van der Waals surface area (Å²) < 4.78 is 1.69. The number of nitrogens with zero attached hydrogens (tertiary/aromatic N) is 4. The van der Waals surface area contributed by atoms with E-state index in [1.807, 2.05) is 25.8 Å². The Balaban J connectivity index is 2.09. The molecule has 1 aromatic heterocycles. The van der Waals surface area contributed by atoms with Crippen LogP contribution in [-0.4, -0.2) is 45.3 Å². The lowest BCUT2D eigenvalue weighted by molar-refractivity contribution is -0.137. The highest BCUT2D eigenvalue weighted by Crippen LogP contribution is 2.31. The standard InChI is InChI=1S/C13H19N5O3/c1-8-11(12(21)14-6-4-5-10(19)20)9(2)18-13(17(8)3)15-7-16-18/h7,9H,4-6H2,1-3H3,(H,14,21)(H,19,20). The molecule has 0 saturated carbocycles. The molecule has 21 heavy (non-hydrogen) atoms. The Labute approximate surface area is 122 Å². The lowest BCUT2D eigenvalue weighted by Crippen LogP contribution is -2.37. The highest BCUT2D eigenvalue weighted by Gasteiger charge is 2.31. The van der Waals surface area contributed by atoms with Gasteiger partial charge in [0, 0.05) is 25.7 Å². The molecule has 1 aliphatic heterocycles. The summed E-state index contributed by atoms with van der Waals surface area (Å²) in [5.74, 6) is -0.363. The molecule has 2 rings (SSSR count). The number of fused-ring (bicyclic) bond motifs is 1. The van der Waals surface area contributed by atoms with Crippen LogP contribution >= 0.6 is 0 Å². The number of carbonyl (C=O) groups is 2. The molecule has 0 aliphatic carbocycles. The highest BCUT2D eigenvalue weighted by atomic mass is 16.4. The van der Waals surface area contributed by atoms with Gasteiger partial charge in [-0.15, -0.1) is 0 Å². The fourth-order valence-corrected chi connectivity index (χ4v) is 2.40. The molecule has 0 saturated heterocycles. The average Bonchev–Trinajstić information content (AvgIpc) is 2.91. The Morgan fingerprint density at radius 3 is 2.86 bits per heavy atom. The Morgan fingerprint density at radius 2 is 2.19 bits per heavy atom. The topological polar surface area (TPSA) is 100 Å². The van der Waals surface area contributed by atoms with E-state index in [2.05, 4.69) is 15.4 Å². The normalized spacial score (nSPS) is 17.7. The van der Waals surface area contributed by atoms with Gasteiger partial charge in [0.2, 0.25) is 5.95 Å². The summed E-state index contributed by atoms with van der Waals surface area (Å²) in [5, 5.41) is 15.5. The van der Waals surface area contributed by atoms with Crippen LogP contribution in [0.15, 0.2) is 17.6 Å². The van der Waals surface area contributed by atoms with Gasteiger partial charge in [0.25, 0.3) is 5.91 Å². The molecule has 0 aromatic carbocycles. The molecular formula is C13H19N5O3. The van der Waals surface area contributed by atoms with E-state index in [1.54, 1.807) is 4.68 Å². The van der Waals surface area contributed by atoms with E-state index in [0.717, 1.165) is 5.70 Å². The Kier molecular flexibility index (Phi) is 4.25. The minimum atomic E-state index is -0.863. The van der Waals surface area contributed by atoms with E-state index in [1.165, 1.54) is 6.33 Å². The molecule has 8 heteroatoms. The zero-order valence-electron chi connectivity index (χ0n) is 12.3. The number of rotatable bonds is 5. The van der Waals surface area contributed by atoms with Crippen molar-refractivity contribution in [3.8, 4) is 0 Å². The second-order valence-corrected chi connectivity index (χ2v) is 4.99. The summed E-state index contributed by atoms with van der Waals surface area (Å²) in [6.45, 7) is 4.09. The Bertz CT molecular complexity index is 592. The fourth-order valence-electron chi connectivity index (χ4n) is 2.40. The summed E-state index contributed by atoms with van der Waals surface area (Å²) in [5.41, 5.74) is 1.43. The van der Waals surface area contributed by atoms with Gasteiger partial charge in [-0.2, -0.15) is 10.1 Å². The summed E-state index contributed by atoms with van der Waals surface area (Å²) in [6.07, 6.45) is 1.91. The molecule has 0 spiro atoms. The smallest absolute Gasteiger partial charge is 0.303 e. The van der Waals surface area contributed by atoms with E-state index in [4.69, 9.17) is 5.11 Å². The van der Waals surface area contributed by atoms with Crippen LogP contribution in [0.1, 0.15) is 32.7 Å². The number of amides is 1. The van der Waals surface area contributed by atoms with Crippen LogP contribution in [0.2, 0.25) is 0 Å². The number of aliphatic carboxylic acids is 1. The lowest BCUT2D eigenvalue weighted by Gasteiger charge is -2.31. The predicted molar refractivity (Wildman–Crippen MR) is 75.7 cm³/mol. The summed E-state index contributed by atoms with van der Waals surface area (Å²) in [6, 6.07) is -0.210. The first-order valence-electron chi connectivity index (χ1n) is 6.77. The van der Waals surface area contributed by atoms with Gasteiger partial charge in [0.05, 0.1) is 11.6 Å². The van der Waals surface area contributed by atoms with Crippen LogP contribution < -0.4 is 10.2 Å². The molecule has 2 heterocycles. The molecule has 8 nitrogen and oxygen atoms in total. The number of carbonyl (C=O) groups excluding carboxylic acids is 1. The molecule has 0 fully saturated rings. The van der Waals surface area contributed by atoms with Gasteiger partial charge < -0.3 is 15.3 Å². The summed E-state index contributed by atoms with van der Waals surface area (Å²) in [7, 11) is 1.83. The quantitative estimate of drug-likeness (QED) is 0.769. The first kappa shape index (κ1) is 15.0. The molecular weight excluding hydrogens is 274 g/mol. The minimum absolute atomic E-state index is 0.0426. The third kappa shape index (κ3) is 2.88. The highest BCUT2D eigenvalue weighted by molar-refractivity contribution is 5.96. The van der Waals surface area contributed by atoms with Gasteiger partial charge in [-0.25, -0.2) is 4.68 Å². The maximum Gasteiger partial charge on any atom is 0.303 e. The molecule has 1 unspecified atom stereocenters. The van der Waals surface area contributed by atoms with Crippen molar-refractivity contribution < 1.29 is 14.7 Å². The van der Waals surface area contributed by atoms with Crippen LogP contribution in [0.4, 0.5) is 5.95 Å². The van der Waals surface area contributed by atoms with Crippen molar-refractivity contribution in [3.05, 3.63) is 17.6 Å². The zero-order valence-corrected chi connectivity index (χ0v) is 12.3. The summed E-state index contributed by atoms with van der Waals surface area (Å²) in [4.78, 5) is 28.8. The van der Waals surface area contributed by atoms with Crippen molar-refractivity contribution in [3.63, 3.8) is 0 Å². The number of aromatic nitrogens is 3. The van der Waals surface area contributed by atoms with Crippen molar-refractivity contribution in [2.75, 3.05) is 18.5 Å². The lowest BCUT2D eigenvalue weighted by atomic mass is 10.0. The number of hydrogen-bond acceptors (Lipinski definition) is 5. The summed E-state index contributed by atoms with van der Waals surface area (Å²) >= 11 is 0. The minimum Gasteiger partial charge on any atom is -0.481 e. The van der Waals surface area contributed by atoms with Crippen LogP contribution in [-0.2, 0) is 9.59 Å². The van der Waals surface area contributed by atoms with E-state index in [-0.39, 0.29) is 18.4 Å². The molecule has 0 radical (unpaired) electrons. The number of carboxylic acids is 1. The Morgan fingerprint density at radius 1 is 1.48 bits per heavy atom. The van der Waals surface area contributed by atoms with E-state index in [0.29, 0.717) is 24.5 Å². The fraction of sp³-hybridized carbons (Fsp3) is 0.538. The van der Waals surface area contributed by atoms with Crippen LogP contribution in [0.25, 0.3) is 0 Å². The van der Waals surface area contributed by atoms with Gasteiger partial charge >= 0.3 is 5.97 Å². The van der Waals surface area contributed by atoms with Gasteiger partial charge in [0.15, 0.2) is 0 Å². The largest absolute Gasteiger partial charge is 0.481 e. The SMILES string of the molecule is CC1=C(C(=O)NCCCC(=O)O)C(C)n2ncnc2N1C. The predicted octanol–water partition coefficient (Wildman–Crippen LogP) is 0.544. The van der Waals surface area contributed by atoms with Crippen molar-refractivity contribution in [2.45, 2.75) is 32.7 Å². The van der Waals surface area contributed by atoms with Gasteiger partial charge in [0.1, 0.15) is 6.33 Å². The molecule has 0 bridgehead atoms. The van der Waals surface area contributed by atoms with Crippen molar-refractivity contribution in [1.29, 1.82) is 0 Å². The third-order valence-corrected chi connectivity index (χ3v) is 3.63. The number of nitrogens with one attached hydrogen (secondary N) is 1. The number of carboxylic acid groups (broad SMARTS) is 1. The van der Waals surface area contributed by atoms with Gasteiger partial charge in [-0.1, -0.05) is 0 Å². The van der Waals surface area contributed by atoms with Crippen LogP contribution in [0, 0.1) is 0 Å². The molecule has 1 aromatic rings. The van der Waals surface area contributed by atoms with Crippen LogP contribution in [0.3, 0.4) is 0 Å². The first-order chi connectivity index (χ1) is 9.93. The third-order valence-electron chi connectivity index (χ3n) is 3.63. The van der Waals surface area contributed by atoms with Gasteiger partial charge in [-0.05, 0) is 20.3 Å².